The molecule has 0 saturated carbocycles. The van der Waals surface area contributed by atoms with Crippen LogP contribution in [0.3, 0.4) is 0 Å². The molecular weight excluding hydrogens is 254 g/mol. The van der Waals surface area contributed by atoms with Gasteiger partial charge in [0.05, 0.1) is 12.3 Å². The molecule has 1 aliphatic rings. The second kappa shape index (κ2) is 4.71. The normalized spacial score (nSPS) is 19.4. The summed E-state index contributed by atoms with van der Waals surface area (Å²) in [6, 6.07) is 0. The van der Waals surface area contributed by atoms with Crippen LogP contribution in [-0.2, 0) is 11.3 Å². The van der Waals surface area contributed by atoms with Crippen LogP contribution in [0.1, 0.15) is 35.9 Å². The lowest BCUT2D eigenvalue weighted by atomic mass is 10.0. The summed E-state index contributed by atoms with van der Waals surface area (Å²) in [5, 5.41) is 0.0496. The Hall–Kier alpha value is -0.390. The topological polar surface area (TPSA) is 31.4 Å². The Balaban J connectivity index is 2.48. The van der Waals surface area contributed by atoms with Crippen molar-refractivity contribution in [3.05, 3.63) is 23.0 Å². The third-order valence-electron chi connectivity index (χ3n) is 2.79. The van der Waals surface area contributed by atoms with E-state index in [4.69, 9.17) is 9.47 Å². The molecule has 0 fully saturated rings. The van der Waals surface area contributed by atoms with Gasteiger partial charge in [0, 0.05) is 36.6 Å². The first kappa shape index (κ1) is 13.1. The third kappa shape index (κ3) is 2.56. The van der Waals surface area contributed by atoms with E-state index in [0.29, 0.717) is 12.4 Å². The van der Waals surface area contributed by atoms with E-state index in [1.165, 1.54) is 0 Å². The first-order valence-electron chi connectivity index (χ1n) is 5.55. The zero-order chi connectivity index (χ0) is 12.6. The van der Waals surface area contributed by atoms with Crippen molar-refractivity contribution in [3.63, 3.8) is 0 Å². The molecule has 17 heavy (non-hydrogen) atoms. The summed E-state index contributed by atoms with van der Waals surface area (Å²) in [6.45, 7) is 6.28. The maximum atomic E-state index is 5.84. The van der Waals surface area contributed by atoms with Gasteiger partial charge in [-0.2, -0.15) is 25.3 Å². The SMILES string of the molecule is Cc1ncc(C(S)CS)c2c1OC(C)(C)OC2. The van der Waals surface area contributed by atoms with Gasteiger partial charge in [0.2, 0.25) is 5.79 Å². The monoisotopic (exact) mass is 271 g/mol. The Kier molecular flexibility index (Phi) is 3.61. The molecule has 1 aromatic heterocycles. The molecule has 0 saturated heterocycles. The van der Waals surface area contributed by atoms with Gasteiger partial charge in [-0.3, -0.25) is 4.98 Å². The lowest BCUT2D eigenvalue weighted by Gasteiger charge is -2.34. The predicted molar refractivity (Wildman–Crippen MR) is 74.1 cm³/mol. The van der Waals surface area contributed by atoms with Gasteiger partial charge in [-0.25, -0.2) is 0 Å². The minimum Gasteiger partial charge on any atom is -0.461 e. The van der Waals surface area contributed by atoms with Gasteiger partial charge in [0.25, 0.3) is 0 Å². The number of pyridine rings is 1. The molecule has 1 aliphatic heterocycles. The molecule has 0 aromatic carbocycles. The molecule has 2 rings (SSSR count). The average Bonchev–Trinajstić information content (AvgIpc) is 2.28. The van der Waals surface area contributed by atoms with Crippen LogP contribution in [-0.4, -0.2) is 16.5 Å². The van der Waals surface area contributed by atoms with E-state index in [9.17, 15) is 0 Å². The Morgan fingerprint density at radius 2 is 2.24 bits per heavy atom. The summed E-state index contributed by atoms with van der Waals surface area (Å²) in [7, 11) is 0. The fourth-order valence-corrected chi connectivity index (χ4v) is 2.26. The summed E-state index contributed by atoms with van der Waals surface area (Å²) in [6.07, 6.45) is 1.84. The van der Waals surface area contributed by atoms with Crippen molar-refractivity contribution in [2.45, 2.75) is 38.4 Å². The number of fused-ring (bicyclic) bond motifs is 1. The van der Waals surface area contributed by atoms with Gasteiger partial charge in [0.15, 0.2) is 0 Å². The van der Waals surface area contributed by atoms with Crippen molar-refractivity contribution >= 4 is 25.3 Å². The maximum Gasteiger partial charge on any atom is 0.205 e. The molecule has 0 amide bonds. The molecule has 5 heteroatoms. The number of aromatic nitrogens is 1. The number of hydrogen-bond acceptors (Lipinski definition) is 5. The Bertz CT molecular complexity index is 435. The van der Waals surface area contributed by atoms with Crippen LogP contribution in [0.4, 0.5) is 0 Å². The fourth-order valence-electron chi connectivity index (χ4n) is 1.84. The molecule has 1 aromatic rings. The van der Waals surface area contributed by atoms with Gasteiger partial charge >= 0.3 is 0 Å². The first-order chi connectivity index (χ1) is 7.94. The summed E-state index contributed by atoms with van der Waals surface area (Å²) in [5.41, 5.74) is 2.98. The number of ether oxygens (including phenoxy) is 2. The van der Waals surface area contributed by atoms with Crippen LogP contribution in [0, 0.1) is 6.92 Å². The number of hydrogen-bond donors (Lipinski definition) is 2. The van der Waals surface area contributed by atoms with Crippen molar-refractivity contribution in [1.82, 2.24) is 4.98 Å². The zero-order valence-corrected chi connectivity index (χ0v) is 12.0. The first-order valence-corrected chi connectivity index (χ1v) is 6.70. The number of rotatable bonds is 2. The third-order valence-corrected chi connectivity index (χ3v) is 3.91. The van der Waals surface area contributed by atoms with Crippen LogP contribution in [0.15, 0.2) is 6.20 Å². The predicted octanol–water partition coefficient (Wildman–Crippen LogP) is 2.94. The molecule has 0 aliphatic carbocycles. The molecule has 1 unspecified atom stereocenters. The van der Waals surface area contributed by atoms with Gasteiger partial charge in [0.1, 0.15) is 5.75 Å². The Morgan fingerprint density at radius 1 is 1.53 bits per heavy atom. The van der Waals surface area contributed by atoms with E-state index < -0.39 is 5.79 Å². The molecular formula is C12H17NO2S2. The number of thiol groups is 2. The number of nitrogens with zero attached hydrogens (tertiary/aromatic N) is 1. The minimum atomic E-state index is -0.592. The highest BCUT2D eigenvalue weighted by Gasteiger charge is 2.31. The summed E-state index contributed by atoms with van der Waals surface area (Å²) < 4.78 is 11.5. The fraction of sp³-hybridized carbons (Fsp3) is 0.583. The minimum absolute atomic E-state index is 0.0496. The van der Waals surface area contributed by atoms with Crippen molar-refractivity contribution in [1.29, 1.82) is 0 Å². The van der Waals surface area contributed by atoms with Gasteiger partial charge in [-0.1, -0.05) is 0 Å². The summed E-state index contributed by atoms with van der Waals surface area (Å²) >= 11 is 8.77. The van der Waals surface area contributed by atoms with Crippen LogP contribution in [0.5, 0.6) is 5.75 Å². The molecule has 0 spiro atoms. The van der Waals surface area contributed by atoms with Crippen molar-refractivity contribution in [2.75, 3.05) is 5.75 Å². The van der Waals surface area contributed by atoms with Crippen LogP contribution in [0.2, 0.25) is 0 Å². The zero-order valence-electron chi connectivity index (χ0n) is 10.2. The van der Waals surface area contributed by atoms with Crippen LogP contribution >= 0.6 is 25.3 Å². The van der Waals surface area contributed by atoms with Crippen molar-refractivity contribution in [2.24, 2.45) is 0 Å². The van der Waals surface area contributed by atoms with E-state index >= 15 is 0 Å². The highest BCUT2D eigenvalue weighted by atomic mass is 32.1. The summed E-state index contributed by atoms with van der Waals surface area (Å²) in [4.78, 5) is 4.36. The lowest BCUT2D eigenvalue weighted by molar-refractivity contribution is -0.180. The standard InChI is InChI=1S/C12H17NO2S2/c1-7-11-9(5-14-12(2,3)15-11)8(4-13-7)10(17)6-16/h4,10,16-17H,5-6H2,1-3H3. The molecule has 0 radical (unpaired) electrons. The average molecular weight is 271 g/mol. The molecule has 0 bridgehead atoms. The Labute approximate surface area is 113 Å². The van der Waals surface area contributed by atoms with Gasteiger partial charge < -0.3 is 9.47 Å². The van der Waals surface area contributed by atoms with E-state index in [-0.39, 0.29) is 5.25 Å². The van der Waals surface area contributed by atoms with E-state index in [1.54, 1.807) is 0 Å². The summed E-state index contributed by atoms with van der Waals surface area (Å²) in [5.74, 6) is 0.897. The van der Waals surface area contributed by atoms with Gasteiger partial charge in [-0.05, 0) is 12.5 Å². The molecule has 1 atom stereocenters. The second-order valence-electron chi connectivity index (χ2n) is 4.60. The highest BCUT2D eigenvalue weighted by Crippen LogP contribution is 2.38. The van der Waals surface area contributed by atoms with Crippen LogP contribution < -0.4 is 4.74 Å². The van der Waals surface area contributed by atoms with Gasteiger partial charge in [-0.15, -0.1) is 0 Å². The quantitative estimate of drug-likeness (QED) is 0.811. The second-order valence-corrected chi connectivity index (χ2v) is 5.58. The van der Waals surface area contributed by atoms with Crippen molar-refractivity contribution < 1.29 is 9.47 Å². The molecule has 0 N–H and O–H groups in total. The van der Waals surface area contributed by atoms with E-state index in [0.717, 1.165) is 22.6 Å². The maximum absolute atomic E-state index is 5.84. The molecule has 94 valence electrons. The highest BCUT2D eigenvalue weighted by molar-refractivity contribution is 7.84. The lowest BCUT2D eigenvalue weighted by Crippen LogP contribution is -2.36. The largest absolute Gasteiger partial charge is 0.461 e. The smallest absolute Gasteiger partial charge is 0.205 e. The van der Waals surface area contributed by atoms with Crippen molar-refractivity contribution in [3.8, 4) is 5.75 Å². The molecule has 3 nitrogen and oxygen atoms in total. The van der Waals surface area contributed by atoms with Crippen LogP contribution in [0.25, 0.3) is 0 Å². The Morgan fingerprint density at radius 3 is 2.88 bits per heavy atom. The number of aryl methyl sites for hydroxylation is 1. The van der Waals surface area contributed by atoms with E-state index in [2.05, 4.69) is 30.2 Å². The van der Waals surface area contributed by atoms with E-state index in [1.807, 2.05) is 27.0 Å². The molecule has 2 heterocycles.